The first-order valence-corrected chi connectivity index (χ1v) is 22.2. The summed E-state index contributed by atoms with van der Waals surface area (Å²) in [4.78, 5) is 41.8. The van der Waals surface area contributed by atoms with E-state index in [-0.39, 0.29) is 23.0 Å². The van der Waals surface area contributed by atoms with E-state index in [9.17, 15) is 19.5 Å². The Labute approximate surface area is 358 Å². The Morgan fingerprint density at radius 2 is 1.30 bits per heavy atom. The Bertz CT molecular complexity index is 2240. The van der Waals surface area contributed by atoms with Crippen LogP contribution in [0.3, 0.4) is 0 Å². The monoisotopic (exact) mass is 811 g/mol. The molecule has 0 atom stereocenters. The number of carbonyl (C=O) groups is 3. The maximum atomic E-state index is 14.2. The average Bonchev–Trinajstić information content (AvgIpc) is 3.19. The molecule has 0 saturated heterocycles. The van der Waals surface area contributed by atoms with Gasteiger partial charge in [-0.15, -0.1) is 0 Å². The molecule has 0 aliphatic heterocycles. The van der Waals surface area contributed by atoms with Crippen LogP contribution in [0.5, 0.6) is 0 Å². The highest BCUT2D eigenvalue weighted by Crippen LogP contribution is 2.43. The summed E-state index contributed by atoms with van der Waals surface area (Å²) in [7, 11) is 0. The molecule has 0 radical (unpaired) electrons. The molecule has 0 unspecified atom stereocenters. The summed E-state index contributed by atoms with van der Waals surface area (Å²) in [5.41, 5.74) is 10.1. The Balaban J connectivity index is 1.55. The third-order valence-electron chi connectivity index (χ3n) is 11.5. The average molecular weight is 811 g/mol. The fourth-order valence-corrected chi connectivity index (χ4v) is 8.40. The van der Waals surface area contributed by atoms with Gasteiger partial charge in [0.25, 0.3) is 0 Å². The summed E-state index contributed by atoms with van der Waals surface area (Å²) in [5, 5.41) is 20.1. The second kappa shape index (κ2) is 21.7. The van der Waals surface area contributed by atoms with Crippen molar-refractivity contribution < 1.29 is 24.1 Å². The first kappa shape index (κ1) is 45.6. The van der Waals surface area contributed by atoms with Crippen molar-refractivity contribution in [2.75, 3.05) is 23.3 Å². The highest BCUT2D eigenvalue weighted by molar-refractivity contribution is 6.40. The van der Waals surface area contributed by atoms with Crippen LogP contribution in [0.4, 0.5) is 22.7 Å². The van der Waals surface area contributed by atoms with Gasteiger partial charge in [-0.3, -0.25) is 14.4 Å². The van der Waals surface area contributed by atoms with Crippen LogP contribution in [-0.4, -0.2) is 41.0 Å². The number of nitrogens with zero attached hydrogens (tertiary/aromatic N) is 2. The minimum absolute atomic E-state index is 0.0205. The molecule has 0 aromatic heterocycles. The minimum atomic E-state index is -0.421. The van der Waals surface area contributed by atoms with Crippen LogP contribution in [0, 0.1) is 27.7 Å². The lowest BCUT2D eigenvalue weighted by Crippen LogP contribution is -2.33. The maximum Gasteiger partial charge on any atom is 0.221 e. The summed E-state index contributed by atoms with van der Waals surface area (Å²) in [6.07, 6.45) is 19.5. The summed E-state index contributed by atoms with van der Waals surface area (Å²) >= 11 is 0. The van der Waals surface area contributed by atoms with Crippen LogP contribution in [0.1, 0.15) is 133 Å². The number of aryl methyl sites for hydroxylation is 4. The second-order valence-corrected chi connectivity index (χ2v) is 16.6. The van der Waals surface area contributed by atoms with E-state index in [1.165, 1.54) is 76.3 Å². The molecule has 3 aromatic carbocycles. The number of benzene rings is 3. The molecule has 2 aliphatic carbocycles. The van der Waals surface area contributed by atoms with Crippen LogP contribution in [0.25, 0.3) is 5.57 Å². The topological polar surface area (TPSA) is 105 Å². The molecule has 0 bridgehead atoms. The van der Waals surface area contributed by atoms with Crippen molar-refractivity contribution in [2.24, 2.45) is 0 Å². The molecular weight excluding hydrogens is 745 g/mol. The number of hydrogen-bond donors (Lipinski definition) is 2. The van der Waals surface area contributed by atoms with Crippen molar-refractivity contribution in [2.45, 2.75) is 132 Å². The third kappa shape index (κ3) is 11.4. The molecule has 2 N–H and O–H groups in total. The van der Waals surface area contributed by atoms with E-state index in [2.05, 4.69) is 98.0 Å². The number of anilines is 3. The number of unbranched alkanes of at least 4 members (excludes halogenated alkanes) is 10. The highest BCUT2D eigenvalue weighted by Gasteiger charge is 2.35. The molecule has 3 aromatic rings. The first-order chi connectivity index (χ1) is 28.8. The number of allylic oxidation sites excluding steroid dienone is 5. The minimum Gasteiger partial charge on any atom is -0.871 e. The number of hydrogen-bond acceptors (Lipinski definition) is 5. The molecule has 60 heavy (non-hydrogen) atoms. The van der Waals surface area contributed by atoms with Crippen LogP contribution >= 0.6 is 0 Å². The van der Waals surface area contributed by atoms with Gasteiger partial charge < -0.3 is 20.6 Å². The largest absolute Gasteiger partial charge is 0.871 e. The molecule has 0 fully saturated rings. The summed E-state index contributed by atoms with van der Waals surface area (Å²) < 4.78 is 2.27. The van der Waals surface area contributed by atoms with Crippen molar-refractivity contribution in [3.63, 3.8) is 0 Å². The number of carbonyl (C=O) groups excluding carboxylic acids is 3. The first-order valence-electron chi connectivity index (χ1n) is 22.2. The van der Waals surface area contributed by atoms with E-state index < -0.39 is 11.5 Å². The molecule has 0 spiro atoms. The van der Waals surface area contributed by atoms with Crippen molar-refractivity contribution in [3.05, 3.63) is 123 Å². The van der Waals surface area contributed by atoms with Gasteiger partial charge >= 0.3 is 0 Å². The van der Waals surface area contributed by atoms with E-state index in [1.54, 1.807) is 12.1 Å². The van der Waals surface area contributed by atoms with Crippen molar-refractivity contribution >= 4 is 51.6 Å². The lowest BCUT2D eigenvalue weighted by molar-refractivity contribution is -0.440. The van der Waals surface area contributed by atoms with E-state index >= 15 is 0 Å². The van der Waals surface area contributed by atoms with Crippen LogP contribution in [-0.2, 0) is 14.4 Å². The summed E-state index contributed by atoms with van der Waals surface area (Å²) in [5.74, 6) is -1.45. The van der Waals surface area contributed by atoms with Crippen molar-refractivity contribution in [3.8, 4) is 0 Å². The van der Waals surface area contributed by atoms with Gasteiger partial charge in [0.15, 0.2) is 5.78 Å². The van der Waals surface area contributed by atoms with E-state index in [1.807, 2.05) is 24.3 Å². The quantitative estimate of drug-likeness (QED) is 0.0672. The Morgan fingerprint density at radius 1 is 0.683 bits per heavy atom. The van der Waals surface area contributed by atoms with E-state index in [0.717, 1.165) is 72.7 Å². The van der Waals surface area contributed by atoms with E-state index in [4.69, 9.17) is 0 Å². The summed E-state index contributed by atoms with van der Waals surface area (Å²) in [6.45, 7) is 17.2. The highest BCUT2D eigenvalue weighted by atomic mass is 16.3. The molecular formula is C52H66N4O4. The van der Waals surface area contributed by atoms with E-state index in [0.29, 0.717) is 22.5 Å². The standard InChI is InChI=1S/C52H66N4O4/c1-9-11-13-15-17-19-29-55(47-27-21-35(3)31-37(47)5)41-23-25-43(45(33-41)53-39(7)57)49-51(59)50(52(49)60)44-26-24-42(34-46(44)54-40(8)58)56(30-20-18-16-14-12-10-2)48-28-22-36(4)32-38(48)6/h21-28,31-34H,9-20,29-30H2,1-8H3,(H2,53,54,57,58,59,60). The summed E-state index contributed by atoms with van der Waals surface area (Å²) in [6, 6.07) is 18.4. The van der Waals surface area contributed by atoms with Crippen molar-refractivity contribution in [1.29, 1.82) is 0 Å². The second-order valence-electron chi connectivity index (χ2n) is 16.6. The maximum absolute atomic E-state index is 14.2. The number of ketones is 1. The SMILES string of the molecule is CCCCCCCCN(c1ccc(C2=C([O-])/C(=C3C=C/C(=[N+](\CCCCCCCC)c4ccc(C)cc4C)C=C\3NC(C)=O)C2=O)c(NC(C)=O)c1)c1ccc(C)cc1C. The lowest BCUT2D eigenvalue weighted by atomic mass is 9.78. The fraction of sp³-hybridized carbons (Fsp3) is 0.423. The zero-order valence-corrected chi connectivity index (χ0v) is 37.4. The van der Waals surface area contributed by atoms with Gasteiger partial charge in [-0.05, 0) is 76.4 Å². The molecule has 8 heteroatoms. The molecule has 2 amide bonds. The van der Waals surface area contributed by atoms with Gasteiger partial charge in [0.1, 0.15) is 6.54 Å². The number of nitrogens with one attached hydrogen (secondary N) is 2. The lowest BCUT2D eigenvalue weighted by Gasteiger charge is -2.34. The molecule has 0 saturated carbocycles. The molecule has 8 nitrogen and oxygen atoms in total. The predicted molar refractivity (Wildman–Crippen MR) is 246 cm³/mol. The van der Waals surface area contributed by atoms with Crippen LogP contribution in [0.15, 0.2) is 95.4 Å². The molecule has 2 aliphatic rings. The van der Waals surface area contributed by atoms with Gasteiger partial charge in [-0.25, -0.2) is 0 Å². The van der Waals surface area contributed by atoms with Crippen LogP contribution in [0.2, 0.25) is 0 Å². The molecule has 318 valence electrons. The predicted octanol–water partition coefficient (Wildman–Crippen LogP) is 11.1. The number of Topliss-reactive ketones (excluding diaryl/α,β-unsaturated/α-hetero) is 1. The Kier molecular flexibility index (Phi) is 16.5. The number of amides is 2. The van der Waals surface area contributed by atoms with Gasteiger partial charge in [-0.2, -0.15) is 4.58 Å². The smallest absolute Gasteiger partial charge is 0.221 e. The van der Waals surface area contributed by atoms with Gasteiger partial charge in [0, 0.05) is 84.3 Å². The molecule has 0 heterocycles. The fourth-order valence-electron chi connectivity index (χ4n) is 8.40. The van der Waals surface area contributed by atoms with Gasteiger partial charge in [-0.1, -0.05) is 113 Å². The van der Waals surface area contributed by atoms with Gasteiger partial charge in [0.2, 0.25) is 23.2 Å². The normalized spacial score (nSPS) is 15.8. The zero-order valence-electron chi connectivity index (χ0n) is 37.4. The van der Waals surface area contributed by atoms with Crippen LogP contribution < -0.4 is 20.6 Å². The molecule has 5 rings (SSSR count). The van der Waals surface area contributed by atoms with Crippen molar-refractivity contribution in [1.82, 2.24) is 5.32 Å². The number of rotatable bonds is 20. The zero-order chi connectivity index (χ0) is 43.3. The van der Waals surface area contributed by atoms with Gasteiger partial charge in [0.05, 0.1) is 11.4 Å². The third-order valence-corrected chi connectivity index (χ3v) is 11.5. The Morgan fingerprint density at radius 3 is 1.92 bits per heavy atom. The Hall–Kier alpha value is -5.50.